The van der Waals surface area contributed by atoms with Gasteiger partial charge in [0.2, 0.25) is 0 Å². The van der Waals surface area contributed by atoms with Gasteiger partial charge in [-0.15, -0.1) is 0 Å². The molecule has 2 saturated carbocycles. The fourth-order valence-electron chi connectivity index (χ4n) is 6.24. The molecule has 2 aliphatic carbocycles. The van der Waals surface area contributed by atoms with Crippen LogP contribution in [0, 0.1) is 22.7 Å². The van der Waals surface area contributed by atoms with Crippen LogP contribution >= 0.6 is 69.6 Å². The van der Waals surface area contributed by atoms with Gasteiger partial charge in [-0.3, -0.25) is 0 Å². The van der Waals surface area contributed by atoms with Gasteiger partial charge in [-0.25, -0.2) is 19.2 Å². The first kappa shape index (κ1) is 38.9. The molecule has 2 fully saturated rings. The minimum Gasteiger partial charge on any atom is -0.461 e. The molecule has 2 atom stereocenters. The number of ether oxygens (including phenoxy) is 4. The van der Waals surface area contributed by atoms with Crippen molar-refractivity contribution in [1.82, 2.24) is 0 Å². The predicted molar refractivity (Wildman–Crippen MR) is 186 cm³/mol. The van der Waals surface area contributed by atoms with Gasteiger partial charge in [0, 0.05) is 10.8 Å². The average molecular weight is 785 g/mol. The Kier molecular flexibility index (Phi) is 12.9. The zero-order chi connectivity index (χ0) is 35.6. The molecule has 0 radical (unpaired) electrons. The van der Waals surface area contributed by atoms with E-state index in [0.29, 0.717) is 11.8 Å². The van der Waals surface area contributed by atoms with E-state index in [-0.39, 0.29) is 54.2 Å². The third-order valence-corrected chi connectivity index (χ3v) is 12.3. The van der Waals surface area contributed by atoms with E-state index < -0.39 is 46.5 Å². The average Bonchev–Trinajstić information content (AvgIpc) is 3.00. The van der Waals surface area contributed by atoms with Gasteiger partial charge in [0.05, 0.1) is 43.3 Å². The first-order chi connectivity index (χ1) is 22.6. The molecular formula is C34H36Cl6O8. The number of hydrogen-bond donors (Lipinski definition) is 0. The summed E-state index contributed by atoms with van der Waals surface area (Å²) in [5, 5.41) is -1.43. The number of hydrogen-bond acceptors (Lipinski definition) is 8. The number of esters is 4. The molecule has 0 heterocycles. The summed E-state index contributed by atoms with van der Waals surface area (Å²) in [5.41, 5.74) is -1.27. The Balaban J connectivity index is 1.56. The van der Waals surface area contributed by atoms with E-state index in [9.17, 15) is 19.2 Å². The van der Waals surface area contributed by atoms with Gasteiger partial charge in [0.1, 0.15) is 11.1 Å². The lowest BCUT2D eigenvalue weighted by molar-refractivity contribution is -0.156. The van der Waals surface area contributed by atoms with E-state index in [1.807, 2.05) is 0 Å². The van der Waals surface area contributed by atoms with Gasteiger partial charge >= 0.3 is 23.9 Å². The molecule has 2 unspecified atom stereocenters. The van der Waals surface area contributed by atoms with Crippen molar-refractivity contribution in [2.45, 2.75) is 79.1 Å². The highest BCUT2D eigenvalue weighted by molar-refractivity contribution is 6.47. The van der Waals surface area contributed by atoms with Crippen molar-refractivity contribution in [2.24, 2.45) is 22.7 Å². The predicted octanol–water partition coefficient (Wildman–Crippen LogP) is 10.9. The Labute approximate surface area is 309 Å². The van der Waals surface area contributed by atoms with Crippen LogP contribution in [0.3, 0.4) is 0 Å². The highest BCUT2D eigenvalue weighted by Crippen LogP contribution is 2.50. The maximum absolute atomic E-state index is 13.4. The molecule has 0 bridgehead atoms. The number of carbonyl (C=O) groups is 4. The van der Waals surface area contributed by atoms with Crippen molar-refractivity contribution in [3.05, 3.63) is 53.4 Å². The fraction of sp³-hybridized carbons (Fsp3) is 0.529. The molecule has 14 heteroatoms. The van der Waals surface area contributed by atoms with Crippen molar-refractivity contribution < 1.29 is 38.1 Å². The molecule has 48 heavy (non-hydrogen) atoms. The van der Waals surface area contributed by atoms with Gasteiger partial charge in [0.25, 0.3) is 0 Å². The summed E-state index contributed by atoms with van der Waals surface area (Å²) in [6.07, 6.45) is 7.37. The SMILES string of the molecule is CCC(C)C1(COC(=O)c2c(Cl)c(Cl)cc(Cl)c2OC(=O)C(=O)Oc2c(Cl)cc(Cl)c(Cl)c2C(=O)OCC2(C(C)CC)CCC2)CCC1. The Hall–Kier alpha value is -1.94. The topological polar surface area (TPSA) is 105 Å². The lowest BCUT2D eigenvalue weighted by atomic mass is 9.61. The smallest absolute Gasteiger partial charge is 0.423 e. The highest BCUT2D eigenvalue weighted by Gasteiger charge is 2.44. The van der Waals surface area contributed by atoms with Gasteiger partial charge in [-0.05, 0) is 49.7 Å². The molecule has 0 spiro atoms. The third kappa shape index (κ3) is 7.84. The molecule has 262 valence electrons. The first-order valence-corrected chi connectivity index (χ1v) is 18.0. The van der Waals surface area contributed by atoms with Crippen LogP contribution in [0.15, 0.2) is 12.1 Å². The van der Waals surface area contributed by atoms with Gasteiger partial charge in [0.15, 0.2) is 11.5 Å². The molecule has 0 saturated heterocycles. The molecule has 0 aliphatic heterocycles. The maximum Gasteiger partial charge on any atom is 0.423 e. The lowest BCUT2D eigenvalue weighted by Crippen LogP contribution is -2.41. The molecule has 0 amide bonds. The normalized spacial score (nSPS) is 17.3. The van der Waals surface area contributed by atoms with Crippen LogP contribution in [0.5, 0.6) is 11.5 Å². The summed E-state index contributed by atoms with van der Waals surface area (Å²) in [5.74, 6) is -5.72. The van der Waals surface area contributed by atoms with Crippen LogP contribution < -0.4 is 9.47 Å². The Bertz CT molecular complexity index is 1480. The minimum absolute atomic E-state index is 0.101. The maximum atomic E-state index is 13.4. The Morgan fingerprint density at radius 2 is 0.958 bits per heavy atom. The highest BCUT2D eigenvalue weighted by atomic mass is 35.5. The summed E-state index contributed by atoms with van der Waals surface area (Å²) < 4.78 is 21.8. The quantitative estimate of drug-likeness (QED) is 0.0907. The summed E-state index contributed by atoms with van der Waals surface area (Å²) >= 11 is 37.7. The molecule has 2 aromatic rings. The Morgan fingerprint density at radius 1 is 0.625 bits per heavy atom. The number of carbonyl (C=O) groups excluding carboxylic acids is 4. The molecular weight excluding hydrogens is 749 g/mol. The second kappa shape index (κ2) is 15.9. The van der Waals surface area contributed by atoms with Crippen LogP contribution in [-0.4, -0.2) is 37.1 Å². The van der Waals surface area contributed by atoms with Gasteiger partial charge < -0.3 is 18.9 Å². The fourth-order valence-corrected chi connectivity index (χ4v) is 7.68. The number of rotatable bonds is 12. The van der Waals surface area contributed by atoms with Crippen LogP contribution in [0.4, 0.5) is 0 Å². The van der Waals surface area contributed by atoms with Crippen molar-refractivity contribution in [3.63, 3.8) is 0 Å². The minimum atomic E-state index is -1.63. The number of benzene rings is 2. The van der Waals surface area contributed by atoms with Crippen molar-refractivity contribution in [1.29, 1.82) is 0 Å². The first-order valence-electron chi connectivity index (χ1n) is 15.7. The molecule has 2 aliphatic rings. The van der Waals surface area contributed by atoms with E-state index in [0.717, 1.165) is 63.5 Å². The second-order valence-corrected chi connectivity index (χ2v) is 15.1. The Morgan fingerprint density at radius 3 is 1.23 bits per heavy atom. The van der Waals surface area contributed by atoms with Crippen LogP contribution in [0.1, 0.15) is 99.8 Å². The summed E-state index contributed by atoms with van der Waals surface area (Å²) in [6.45, 7) is 8.52. The van der Waals surface area contributed by atoms with Crippen LogP contribution in [0.2, 0.25) is 30.1 Å². The van der Waals surface area contributed by atoms with E-state index in [1.165, 1.54) is 0 Å². The lowest BCUT2D eigenvalue weighted by Gasteiger charge is -2.45. The van der Waals surface area contributed by atoms with E-state index in [1.54, 1.807) is 0 Å². The molecule has 8 nitrogen and oxygen atoms in total. The van der Waals surface area contributed by atoms with Gasteiger partial charge in [-0.1, -0.05) is 123 Å². The van der Waals surface area contributed by atoms with Crippen LogP contribution in [-0.2, 0) is 19.1 Å². The van der Waals surface area contributed by atoms with Crippen molar-refractivity contribution >= 4 is 93.5 Å². The molecule has 4 rings (SSSR count). The summed E-state index contributed by atoms with van der Waals surface area (Å²) in [6, 6.07) is 2.28. The van der Waals surface area contributed by atoms with Crippen molar-refractivity contribution in [2.75, 3.05) is 13.2 Å². The van der Waals surface area contributed by atoms with Crippen molar-refractivity contribution in [3.8, 4) is 11.5 Å². The van der Waals surface area contributed by atoms with E-state index in [2.05, 4.69) is 27.7 Å². The largest absolute Gasteiger partial charge is 0.461 e. The number of halogens is 6. The zero-order valence-corrected chi connectivity index (χ0v) is 31.4. The monoisotopic (exact) mass is 782 g/mol. The summed E-state index contributed by atoms with van der Waals surface area (Å²) in [7, 11) is 0. The van der Waals surface area contributed by atoms with Crippen LogP contribution in [0.25, 0.3) is 0 Å². The second-order valence-electron chi connectivity index (χ2n) is 12.7. The standard InChI is InChI=1S/C34H36Cl6O8/c1-5-17(3)33(9-7-10-33)15-45-29(41)23-25(39)19(35)13-21(37)27(23)47-31(43)32(44)48-28-22(38)14-20(36)26(40)24(28)30(42)46-16-34(11-8-12-34)18(4)6-2/h13-14,17-18H,5-12,15-16H2,1-4H3. The summed E-state index contributed by atoms with van der Waals surface area (Å²) in [4.78, 5) is 52.9. The van der Waals surface area contributed by atoms with E-state index in [4.69, 9.17) is 88.6 Å². The molecule has 0 aromatic heterocycles. The molecule has 2 aromatic carbocycles. The van der Waals surface area contributed by atoms with E-state index >= 15 is 0 Å². The zero-order valence-electron chi connectivity index (χ0n) is 26.9. The molecule has 0 N–H and O–H groups in total. The third-order valence-electron chi connectivity index (χ3n) is 10.2. The van der Waals surface area contributed by atoms with Gasteiger partial charge in [-0.2, -0.15) is 0 Å².